The smallest absolute Gasteiger partial charge is 0.345 e. The first kappa shape index (κ1) is 17.4. The van der Waals surface area contributed by atoms with Crippen molar-refractivity contribution in [3.63, 3.8) is 0 Å². The summed E-state index contributed by atoms with van der Waals surface area (Å²) in [7, 11) is 0. The molecule has 7 heteroatoms. The van der Waals surface area contributed by atoms with Crippen LogP contribution in [0.1, 0.15) is 35.0 Å². The average Bonchev–Trinajstić information content (AvgIpc) is 3.37. The number of aromatic carboxylic acids is 1. The fourth-order valence-corrected chi connectivity index (χ4v) is 3.87. The van der Waals surface area contributed by atoms with Gasteiger partial charge in [0, 0.05) is 6.20 Å². The molecule has 2 aromatic heterocycles. The van der Waals surface area contributed by atoms with Crippen molar-refractivity contribution in [2.24, 2.45) is 0 Å². The molecular weight excluding hydrogens is 364 g/mol. The van der Waals surface area contributed by atoms with E-state index in [1.807, 2.05) is 16.9 Å². The lowest BCUT2D eigenvalue weighted by atomic mass is 9.97. The Kier molecular flexibility index (Phi) is 4.93. The maximum absolute atomic E-state index is 11.1. The summed E-state index contributed by atoms with van der Waals surface area (Å²) in [6.45, 7) is 0. The Hall–Kier alpha value is -3.06. The van der Waals surface area contributed by atoms with Gasteiger partial charge in [0.05, 0.1) is 4.88 Å². The number of carbonyl (C=O) groups is 1. The molecule has 4 rings (SSSR count). The zero-order chi connectivity index (χ0) is 18.6. The fraction of sp³-hybridized carbons (Fsp3) is 0.200. The highest BCUT2D eigenvalue weighted by Crippen LogP contribution is 2.33. The lowest BCUT2D eigenvalue weighted by Crippen LogP contribution is -2.16. The SMILES string of the molecule is O=C(O)c1ccc(-c2ccn(C(CC3=CC=CCC3)C3=COC=CO3)n2)s1. The van der Waals surface area contributed by atoms with Gasteiger partial charge in [0.15, 0.2) is 5.76 Å². The van der Waals surface area contributed by atoms with Gasteiger partial charge in [-0.15, -0.1) is 11.3 Å². The van der Waals surface area contributed by atoms with E-state index in [4.69, 9.17) is 14.6 Å². The third-order valence-corrected chi connectivity index (χ3v) is 5.50. The van der Waals surface area contributed by atoms with Gasteiger partial charge in [-0.05, 0) is 37.5 Å². The first-order chi connectivity index (χ1) is 13.2. The van der Waals surface area contributed by atoms with Crippen molar-refractivity contribution in [1.82, 2.24) is 9.78 Å². The van der Waals surface area contributed by atoms with Crippen molar-refractivity contribution in [3.8, 4) is 10.6 Å². The summed E-state index contributed by atoms with van der Waals surface area (Å²) in [6.07, 6.45) is 15.7. The van der Waals surface area contributed by atoms with Gasteiger partial charge >= 0.3 is 5.97 Å². The van der Waals surface area contributed by atoms with Crippen LogP contribution in [-0.4, -0.2) is 20.9 Å². The predicted molar refractivity (Wildman–Crippen MR) is 102 cm³/mol. The van der Waals surface area contributed by atoms with Crippen LogP contribution in [0.2, 0.25) is 0 Å². The molecule has 1 unspecified atom stereocenters. The van der Waals surface area contributed by atoms with Crippen molar-refractivity contribution in [3.05, 3.63) is 77.6 Å². The minimum absolute atomic E-state index is 0.139. The molecule has 0 saturated carbocycles. The van der Waals surface area contributed by atoms with E-state index in [9.17, 15) is 4.79 Å². The highest BCUT2D eigenvalue weighted by Gasteiger charge is 2.23. The third-order valence-electron chi connectivity index (χ3n) is 4.40. The minimum atomic E-state index is -0.925. The van der Waals surface area contributed by atoms with E-state index >= 15 is 0 Å². The summed E-state index contributed by atoms with van der Waals surface area (Å²) < 4.78 is 12.8. The molecule has 0 amide bonds. The summed E-state index contributed by atoms with van der Waals surface area (Å²) in [5, 5.41) is 13.8. The second-order valence-corrected chi connectivity index (χ2v) is 7.29. The van der Waals surface area contributed by atoms with Gasteiger partial charge in [-0.3, -0.25) is 4.68 Å². The summed E-state index contributed by atoms with van der Waals surface area (Å²) in [5.74, 6) is -0.245. The fourth-order valence-electron chi connectivity index (χ4n) is 3.06. The Labute approximate surface area is 160 Å². The molecule has 0 bridgehead atoms. The van der Waals surface area contributed by atoms with Gasteiger partial charge < -0.3 is 14.6 Å². The number of aromatic nitrogens is 2. The van der Waals surface area contributed by atoms with Gasteiger partial charge in [0.2, 0.25) is 0 Å². The lowest BCUT2D eigenvalue weighted by molar-refractivity contribution is 0.0702. The molecule has 1 atom stereocenters. The van der Waals surface area contributed by atoms with Crippen molar-refractivity contribution >= 4 is 17.3 Å². The van der Waals surface area contributed by atoms with Crippen LogP contribution in [-0.2, 0) is 9.47 Å². The maximum Gasteiger partial charge on any atom is 0.345 e. The summed E-state index contributed by atoms with van der Waals surface area (Å²) in [6, 6.07) is 5.13. The molecule has 0 aromatic carbocycles. The molecule has 0 radical (unpaired) electrons. The Bertz CT molecular complexity index is 964. The number of nitrogens with zero attached hydrogens (tertiary/aromatic N) is 2. The van der Waals surface area contributed by atoms with Gasteiger partial charge in [0.1, 0.15) is 35.4 Å². The van der Waals surface area contributed by atoms with Crippen molar-refractivity contribution in [1.29, 1.82) is 0 Å². The van der Waals surface area contributed by atoms with Crippen molar-refractivity contribution < 1.29 is 19.4 Å². The van der Waals surface area contributed by atoms with E-state index in [2.05, 4.69) is 23.3 Å². The molecule has 2 aromatic rings. The molecule has 0 fully saturated rings. The summed E-state index contributed by atoms with van der Waals surface area (Å²) in [4.78, 5) is 12.2. The van der Waals surface area contributed by atoms with Crippen LogP contribution in [0.15, 0.2) is 72.7 Å². The number of carboxylic acids is 1. The molecule has 1 aliphatic carbocycles. The van der Waals surface area contributed by atoms with Crippen LogP contribution in [0.3, 0.4) is 0 Å². The van der Waals surface area contributed by atoms with E-state index in [1.54, 1.807) is 18.4 Å². The number of rotatable bonds is 6. The molecule has 27 heavy (non-hydrogen) atoms. The highest BCUT2D eigenvalue weighted by atomic mass is 32.1. The quantitative estimate of drug-likeness (QED) is 0.771. The number of hydrogen-bond acceptors (Lipinski definition) is 5. The van der Waals surface area contributed by atoms with Gasteiger partial charge in [-0.1, -0.05) is 23.8 Å². The minimum Gasteiger partial charge on any atom is -0.477 e. The number of carboxylic acid groups (broad SMARTS) is 1. The summed E-state index contributed by atoms with van der Waals surface area (Å²) in [5.41, 5.74) is 2.06. The second kappa shape index (κ2) is 7.67. The monoisotopic (exact) mass is 382 g/mol. The number of ether oxygens (including phenoxy) is 2. The molecule has 6 nitrogen and oxygen atoms in total. The Balaban J connectivity index is 1.62. The van der Waals surface area contributed by atoms with E-state index in [0.29, 0.717) is 10.6 Å². The van der Waals surface area contributed by atoms with Crippen LogP contribution in [0.5, 0.6) is 0 Å². The number of hydrogen-bond donors (Lipinski definition) is 1. The molecule has 2 aliphatic rings. The molecule has 0 saturated heterocycles. The van der Waals surface area contributed by atoms with Crippen molar-refractivity contribution in [2.75, 3.05) is 0 Å². The number of allylic oxidation sites excluding steroid dienone is 5. The first-order valence-electron chi connectivity index (χ1n) is 8.61. The predicted octanol–water partition coefficient (Wildman–Crippen LogP) is 4.88. The normalized spacial score (nSPS) is 16.9. The van der Waals surface area contributed by atoms with E-state index < -0.39 is 5.97 Å². The Morgan fingerprint density at radius 3 is 2.96 bits per heavy atom. The lowest BCUT2D eigenvalue weighted by Gasteiger charge is -2.23. The van der Waals surface area contributed by atoms with E-state index in [1.165, 1.54) is 29.4 Å². The summed E-state index contributed by atoms with van der Waals surface area (Å²) >= 11 is 1.21. The first-order valence-corrected chi connectivity index (χ1v) is 9.43. The maximum atomic E-state index is 11.1. The molecule has 3 heterocycles. The van der Waals surface area contributed by atoms with Crippen LogP contribution in [0.25, 0.3) is 10.6 Å². The third kappa shape index (κ3) is 3.88. The zero-order valence-corrected chi connectivity index (χ0v) is 15.3. The molecule has 138 valence electrons. The molecule has 0 spiro atoms. The largest absolute Gasteiger partial charge is 0.477 e. The highest BCUT2D eigenvalue weighted by molar-refractivity contribution is 7.17. The standard InChI is InChI=1S/C20H18N2O4S/c23-20(24)19-7-6-18(27-19)15-8-9-22(21-15)16(17-13-25-10-11-26-17)12-14-4-2-1-3-5-14/h1-2,4,6-11,13,16H,3,5,12H2,(H,23,24). The van der Waals surface area contributed by atoms with Crippen LogP contribution in [0, 0.1) is 0 Å². The Morgan fingerprint density at radius 2 is 2.26 bits per heavy atom. The topological polar surface area (TPSA) is 73.6 Å². The van der Waals surface area contributed by atoms with Crippen LogP contribution in [0.4, 0.5) is 0 Å². The zero-order valence-electron chi connectivity index (χ0n) is 14.4. The molecule has 1 aliphatic heterocycles. The molecule has 1 N–H and O–H groups in total. The Morgan fingerprint density at radius 1 is 1.33 bits per heavy atom. The van der Waals surface area contributed by atoms with Crippen LogP contribution >= 0.6 is 11.3 Å². The van der Waals surface area contributed by atoms with Crippen molar-refractivity contribution in [2.45, 2.75) is 25.3 Å². The average molecular weight is 382 g/mol. The van der Waals surface area contributed by atoms with Gasteiger partial charge in [-0.2, -0.15) is 5.10 Å². The molecular formula is C20H18N2O4S. The second-order valence-electron chi connectivity index (χ2n) is 6.21. The van der Waals surface area contributed by atoms with E-state index in [-0.39, 0.29) is 6.04 Å². The van der Waals surface area contributed by atoms with E-state index in [0.717, 1.165) is 29.8 Å². The van der Waals surface area contributed by atoms with Crippen LogP contribution < -0.4 is 0 Å². The number of thiophene rings is 1. The van der Waals surface area contributed by atoms with Gasteiger partial charge in [-0.25, -0.2) is 4.79 Å². The van der Waals surface area contributed by atoms with Gasteiger partial charge in [0.25, 0.3) is 0 Å².